The van der Waals surface area contributed by atoms with Crippen LogP contribution in [0.1, 0.15) is 27.7 Å². The van der Waals surface area contributed by atoms with Crippen LogP contribution in [-0.4, -0.2) is 60.4 Å². The predicted molar refractivity (Wildman–Crippen MR) is 80.7 cm³/mol. The van der Waals surface area contributed by atoms with Crippen LogP contribution in [0.25, 0.3) is 0 Å². The average Bonchev–Trinajstić information content (AvgIpc) is 2.96. The van der Waals surface area contributed by atoms with Crippen molar-refractivity contribution in [3.63, 3.8) is 0 Å². The first-order chi connectivity index (χ1) is 11.8. The number of alkyl halides is 3. The maximum Gasteiger partial charge on any atom is 0.471 e. The Balaban J connectivity index is 1.86. The summed E-state index contributed by atoms with van der Waals surface area (Å²) in [6.45, 7) is 10.2. The van der Waals surface area contributed by atoms with Crippen molar-refractivity contribution in [1.82, 2.24) is 5.32 Å². The number of carbonyl (C=O) groups excluding carboxylic acids is 1. The molecule has 0 aromatic carbocycles. The first-order valence-corrected chi connectivity index (χ1v) is 8.20. The topological polar surface area (TPSA) is 75.3 Å². The Morgan fingerprint density at radius 1 is 1.04 bits per heavy atom. The summed E-state index contributed by atoms with van der Waals surface area (Å²) in [5.74, 6) is -4.04. The number of ether oxygens (including phenoxy) is 5. The smallest absolute Gasteiger partial charge is 0.342 e. The molecule has 3 fully saturated rings. The molecule has 3 aliphatic rings. The standard InChI is InChI=1S/C16H22F3NO6/c1-6-7(20-13(21)16(17,18)19)8-9-10(24-14(2,3)23-9)11-12(22-8)26-15(4,5)25-11/h6-12H,1H2,2-5H3,(H,20,21)/t7-,8+,9-,10-,11+,12+/m0/s1. The highest BCUT2D eigenvalue weighted by molar-refractivity contribution is 5.82. The number of hydrogen-bond acceptors (Lipinski definition) is 6. The van der Waals surface area contributed by atoms with E-state index in [2.05, 4.69) is 6.58 Å². The molecule has 0 saturated carbocycles. The van der Waals surface area contributed by atoms with Gasteiger partial charge >= 0.3 is 12.1 Å². The maximum atomic E-state index is 12.6. The van der Waals surface area contributed by atoms with Crippen molar-refractivity contribution < 1.29 is 41.7 Å². The van der Waals surface area contributed by atoms with Gasteiger partial charge in [0.25, 0.3) is 0 Å². The van der Waals surface area contributed by atoms with Crippen molar-refractivity contribution in [1.29, 1.82) is 0 Å². The van der Waals surface area contributed by atoms with Gasteiger partial charge < -0.3 is 29.0 Å². The molecule has 0 radical (unpaired) electrons. The Bertz CT molecular complexity index is 593. The largest absolute Gasteiger partial charge is 0.471 e. The van der Waals surface area contributed by atoms with Crippen molar-refractivity contribution in [3.8, 4) is 0 Å². The lowest BCUT2D eigenvalue weighted by atomic mass is 9.94. The molecule has 3 aliphatic heterocycles. The van der Waals surface area contributed by atoms with Gasteiger partial charge in [-0.2, -0.15) is 13.2 Å². The molecule has 7 nitrogen and oxygen atoms in total. The molecular weight excluding hydrogens is 359 g/mol. The molecule has 0 aliphatic carbocycles. The molecule has 1 N–H and O–H groups in total. The van der Waals surface area contributed by atoms with E-state index in [4.69, 9.17) is 23.7 Å². The summed E-state index contributed by atoms with van der Waals surface area (Å²) in [5, 5.41) is 1.88. The molecule has 10 heteroatoms. The van der Waals surface area contributed by atoms with Gasteiger partial charge in [-0.3, -0.25) is 4.79 Å². The average molecular weight is 381 g/mol. The van der Waals surface area contributed by atoms with E-state index in [0.29, 0.717) is 0 Å². The fourth-order valence-electron chi connectivity index (χ4n) is 3.44. The second-order valence-electron chi connectivity index (χ2n) is 7.37. The molecule has 3 saturated heterocycles. The molecule has 0 aromatic rings. The summed E-state index contributed by atoms with van der Waals surface area (Å²) in [7, 11) is 0. The normalized spacial score (nSPS) is 39.0. The molecule has 148 valence electrons. The van der Waals surface area contributed by atoms with Crippen LogP contribution >= 0.6 is 0 Å². The van der Waals surface area contributed by atoms with Gasteiger partial charge in [0.1, 0.15) is 24.4 Å². The van der Waals surface area contributed by atoms with Gasteiger partial charge in [-0.15, -0.1) is 6.58 Å². The summed E-state index contributed by atoms with van der Waals surface area (Å²) >= 11 is 0. The third kappa shape index (κ3) is 3.61. The minimum absolute atomic E-state index is 0.614. The van der Waals surface area contributed by atoms with E-state index in [0.717, 1.165) is 0 Å². The molecule has 0 bridgehead atoms. The van der Waals surface area contributed by atoms with E-state index in [1.54, 1.807) is 27.7 Å². The van der Waals surface area contributed by atoms with Gasteiger partial charge in [-0.25, -0.2) is 0 Å². The fourth-order valence-corrected chi connectivity index (χ4v) is 3.44. The van der Waals surface area contributed by atoms with Crippen LogP contribution in [0, 0.1) is 0 Å². The number of halogens is 3. The van der Waals surface area contributed by atoms with Crippen molar-refractivity contribution in [2.24, 2.45) is 0 Å². The summed E-state index contributed by atoms with van der Waals surface area (Å²) in [5.41, 5.74) is 0. The Kier molecular flexibility index (Phi) is 4.64. The minimum Gasteiger partial charge on any atom is -0.342 e. The van der Waals surface area contributed by atoms with Crippen LogP contribution in [0.5, 0.6) is 0 Å². The highest BCUT2D eigenvalue weighted by Gasteiger charge is 2.62. The first-order valence-electron chi connectivity index (χ1n) is 8.20. The van der Waals surface area contributed by atoms with Crippen LogP contribution in [0.3, 0.4) is 0 Å². The number of rotatable bonds is 3. The predicted octanol–water partition coefficient (Wildman–Crippen LogP) is 1.62. The lowest BCUT2D eigenvalue weighted by molar-refractivity contribution is -0.238. The van der Waals surface area contributed by atoms with Crippen LogP contribution in [0.4, 0.5) is 13.2 Å². The van der Waals surface area contributed by atoms with E-state index >= 15 is 0 Å². The molecule has 0 unspecified atom stereocenters. The van der Waals surface area contributed by atoms with Crippen LogP contribution in [-0.2, 0) is 28.5 Å². The lowest BCUT2D eigenvalue weighted by Gasteiger charge is -2.40. The van der Waals surface area contributed by atoms with Gasteiger partial charge in [0.2, 0.25) is 0 Å². The van der Waals surface area contributed by atoms with E-state index in [1.807, 2.05) is 5.32 Å². The summed E-state index contributed by atoms with van der Waals surface area (Å²) in [4.78, 5) is 11.4. The lowest BCUT2D eigenvalue weighted by Crippen LogP contribution is -2.61. The molecule has 3 heterocycles. The molecule has 0 aromatic heterocycles. The molecule has 0 spiro atoms. The van der Waals surface area contributed by atoms with Crippen molar-refractivity contribution in [2.75, 3.05) is 0 Å². The van der Waals surface area contributed by atoms with Crippen molar-refractivity contribution in [2.45, 2.75) is 82.2 Å². The van der Waals surface area contributed by atoms with E-state index in [-0.39, 0.29) is 0 Å². The molecule has 6 atom stereocenters. The first kappa shape index (κ1) is 19.6. The Morgan fingerprint density at radius 2 is 1.58 bits per heavy atom. The molecule has 1 amide bonds. The monoisotopic (exact) mass is 381 g/mol. The van der Waals surface area contributed by atoms with Gasteiger partial charge in [-0.1, -0.05) is 6.08 Å². The number of amides is 1. The molecule has 3 rings (SSSR count). The van der Waals surface area contributed by atoms with E-state index < -0.39 is 60.4 Å². The van der Waals surface area contributed by atoms with Gasteiger partial charge in [0.15, 0.2) is 17.9 Å². The van der Waals surface area contributed by atoms with Crippen LogP contribution in [0.2, 0.25) is 0 Å². The summed E-state index contributed by atoms with van der Waals surface area (Å²) in [6, 6.07) is -1.16. The Hall–Kier alpha value is -1.20. The van der Waals surface area contributed by atoms with Gasteiger partial charge in [0.05, 0.1) is 6.04 Å². The zero-order chi connectivity index (χ0) is 19.5. The Labute approximate surface area is 148 Å². The number of fused-ring (bicyclic) bond motifs is 3. The van der Waals surface area contributed by atoms with Crippen molar-refractivity contribution >= 4 is 5.91 Å². The van der Waals surface area contributed by atoms with Crippen molar-refractivity contribution in [3.05, 3.63) is 12.7 Å². The van der Waals surface area contributed by atoms with Crippen LogP contribution < -0.4 is 5.32 Å². The number of nitrogens with one attached hydrogen (secondary N) is 1. The van der Waals surface area contributed by atoms with Crippen LogP contribution in [0.15, 0.2) is 12.7 Å². The zero-order valence-corrected chi connectivity index (χ0v) is 14.8. The van der Waals surface area contributed by atoms with E-state index in [9.17, 15) is 18.0 Å². The summed E-state index contributed by atoms with van der Waals surface area (Å²) < 4.78 is 66.9. The van der Waals surface area contributed by atoms with Gasteiger partial charge in [-0.05, 0) is 27.7 Å². The SMILES string of the molecule is C=C[C@H](NC(=O)C(F)(F)F)[C@H]1O[C@@H]2OC(C)(C)O[C@@H]2[C@H]2OC(C)(C)O[C@H]21. The molecular formula is C16H22F3NO6. The molecule has 26 heavy (non-hydrogen) atoms. The minimum atomic E-state index is -5.03. The second-order valence-corrected chi connectivity index (χ2v) is 7.37. The maximum absolute atomic E-state index is 12.6. The number of hydrogen-bond donors (Lipinski definition) is 1. The number of carbonyl (C=O) groups is 1. The fraction of sp³-hybridized carbons (Fsp3) is 0.812. The highest BCUT2D eigenvalue weighted by Crippen LogP contribution is 2.44. The van der Waals surface area contributed by atoms with Gasteiger partial charge in [0, 0.05) is 0 Å². The second kappa shape index (κ2) is 6.16. The van der Waals surface area contributed by atoms with E-state index in [1.165, 1.54) is 6.08 Å². The zero-order valence-electron chi connectivity index (χ0n) is 14.8. The highest BCUT2D eigenvalue weighted by atomic mass is 19.4. The third-order valence-electron chi connectivity index (χ3n) is 4.35. The summed E-state index contributed by atoms with van der Waals surface area (Å²) in [6.07, 6.45) is -7.76. The quantitative estimate of drug-likeness (QED) is 0.749. The Morgan fingerprint density at radius 3 is 2.15 bits per heavy atom. The third-order valence-corrected chi connectivity index (χ3v) is 4.35.